The van der Waals surface area contributed by atoms with E-state index in [1.807, 2.05) is 30.3 Å². The van der Waals surface area contributed by atoms with Gasteiger partial charge < -0.3 is 24.7 Å². The van der Waals surface area contributed by atoms with Gasteiger partial charge in [-0.25, -0.2) is 0 Å². The molecule has 0 radical (unpaired) electrons. The van der Waals surface area contributed by atoms with Gasteiger partial charge in [-0.3, -0.25) is 0 Å². The molecule has 0 amide bonds. The zero-order chi connectivity index (χ0) is 13.4. The summed E-state index contributed by atoms with van der Waals surface area (Å²) in [5.74, 6) is -2.49. The summed E-state index contributed by atoms with van der Waals surface area (Å²) in [5, 5.41) is 21.0. The van der Waals surface area contributed by atoms with E-state index in [-0.39, 0.29) is 13.1 Å². The van der Waals surface area contributed by atoms with Crippen molar-refractivity contribution < 1.29 is 24.7 Å². The average Bonchev–Trinajstić information content (AvgIpc) is 2.28. The highest BCUT2D eigenvalue weighted by atomic mass is 16.4. The van der Waals surface area contributed by atoms with Crippen LogP contribution in [0, 0.1) is 0 Å². The first-order valence-corrected chi connectivity index (χ1v) is 5.85. The smallest absolute Gasteiger partial charge is 0.118 e. The summed E-state index contributed by atoms with van der Waals surface area (Å²) in [6.45, 7) is -0.137. The predicted octanol–water partition coefficient (Wildman–Crippen LogP) is -3.00. The number of hydrogen-bond donors (Lipinski definition) is 1. The van der Waals surface area contributed by atoms with Gasteiger partial charge in [-0.15, -0.1) is 0 Å². The van der Waals surface area contributed by atoms with Gasteiger partial charge in [-0.1, -0.05) is 30.3 Å². The summed E-state index contributed by atoms with van der Waals surface area (Å²) < 4.78 is 0. The number of rotatable bonds is 8. The molecule has 0 atom stereocenters. The molecule has 1 aromatic rings. The lowest BCUT2D eigenvalue weighted by molar-refractivity contribution is -0.888. The number of quaternary nitrogens is 1. The highest BCUT2D eigenvalue weighted by Crippen LogP contribution is 2.00. The molecule has 1 aromatic carbocycles. The molecule has 0 bridgehead atoms. The van der Waals surface area contributed by atoms with Crippen molar-refractivity contribution in [1.82, 2.24) is 0 Å². The lowest BCUT2D eigenvalue weighted by Crippen LogP contribution is -3.14. The molecule has 0 saturated heterocycles. The fraction of sp³-hybridized carbons (Fsp3) is 0.385. The Labute approximate surface area is 106 Å². The number of carbonyl (C=O) groups excluding carboxylic acids is 2. The molecule has 0 fully saturated rings. The highest BCUT2D eigenvalue weighted by molar-refractivity contribution is 5.67. The Kier molecular flexibility index (Phi) is 5.87. The van der Waals surface area contributed by atoms with Gasteiger partial charge in [0.1, 0.15) is 13.1 Å². The van der Waals surface area contributed by atoms with E-state index < -0.39 is 11.9 Å². The number of carboxylic acids is 2. The number of nitrogens with one attached hydrogen (secondary N) is 1. The van der Waals surface area contributed by atoms with Crippen LogP contribution in [0.4, 0.5) is 0 Å². The Balaban J connectivity index is 2.37. The summed E-state index contributed by atoms with van der Waals surface area (Å²) in [5.41, 5.74) is 1.15. The minimum absolute atomic E-state index is 0.303. The van der Waals surface area contributed by atoms with E-state index in [1.165, 1.54) is 0 Å². The molecule has 1 N–H and O–H groups in total. The second-order valence-electron chi connectivity index (χ2n) is 4.19. The van der Waals surface area contributed by atoms with E-state index in [2.05, 4.69) is 0 Å². The van der Waals surface area contributed by atoms with Crippen LogP contribution < -0.4 is 15.1 Å². The minimum atomic E-state index is -1.24. The molecule has 98 valence electrons. The monoisotopic (exact) mass is 250 g/mol. The maximum atomic E-state index is 10.5. The topological polar surface area (TPSA) is 84.7 Å². The largest absolute Gasteiger partial charge is 0.544 e. The van der Waals surface area contributed by atoms with Gasteiger partial charge in [0.2, 0.25) is 0 Å². The van der Waals surface area contributed by atoms with Gasteiger partial charge in [0.25, 0.3) is 0 Å². The minimum Gasteiger partial charge on any atom is -0.544 e. The van der Waals surface area contributed by atoms with Crippen LogP contribution in [-0.4, -0.2) is 31.6 Å². The molecule has 0 aliphatic rings. The molecular formula is C13H16NO4-. The van der Waals surface area contributed by atoms with Crippen LogP contribution in [0.15, 0.2) is 30.3 Å². The first kappa shape index (κ1) is 14.2. The molecule has 0 aromatic heterocycles. The van der Waals surface area contributed by atoms with Crippen molar-refractivity contribution in [2.45, 2.75) is 12.8 Å². The van der Waals surface area contributed by atoms with E-state index in [0.29, 0.717) is 11.4 Å². The van der Waals surface area contributed by atoms with Crippen LogP contribution in [0.25, 0.3) is 0 Å². The molecule has 0 unspecified atom stereocenters. The van der Waals surface area contributed by atoms with E-state index in [4.69, 9.17) is 0 Å². The van der Waals surface area contributed by atoms with Crippen molar-refractivity contribution in [3.63, 3.8) is 0 Å². The Bertz CT molecular complexity index is 375. The van der Waals surface area contributed by atoms with Crippen molar-refractivity contribution in [1.29, 1.82) is 0 Å². The summed E-state index contributed by atoms with van der Waals surface area (Å²) in [7, 11) is 0. The van der Waals surface area contributed by atoms with Gasteiger partial charge in [0.15, 0.2) is 0 Å². The number of hydrogen-bond acceptors (Lipinski definition) is 4. The van der Waals surface area contributed by atoms with Crippen molar-refractivity contribution in [2.75, 3.05) is 19.6 Å². The number of carboxylic acid groups (broad SMARTS) is 2. The molecule has 5 heteroatoms. The van der Waals surface area contributed by atoms with Gasteiger partial charge in [-0.2, -0.15) is 0 Å². The van der Waals surface area contributed by atoms with Gasteiger partial charge in [0.05, 0.1) is 18.5 Å². The third-order valence-corrected chi connectivity index (χ3v) is 2.63. The predicted molar refractivity (Wildman–Crippen MR) is 60.3 cm³/mol. The number of aliphatic carboxylic acids is 2. The second-order valence-corrected chi connectivity index (χ2v) is 4.19. The van der Waals surface area contributed by atoms with Crippen LogP contribution in [-0.2, 0) is 16.0 Å². The van der Waals surface area contributed by atoms with E-state index in [1.54, 1.807) is 0 Å². The second kappa shape index (κ2) is 7.45. The summed E-state index contributed by atoms with van der Waals surface area (Å²) in [6, 6.07) is 9.76. The Morgan fingerprint density at radius 1 is 1.00 bits per heavy atom. The van der Waals surface area contributed by atoms with Gasteiger partial charge in [-0.05, 0) is 12.0 Å². The van der Waals surface area contributed by atoms with Crippen molar-refractivity contribution in [2.24, 2.45) is 0 Å². The van der Waals surface area contributed by atoms with Crippen molar-refractivity contribution in [3.05, 3.63) is 35.9 Å². The molecule has 0 spiro atoms. The SMILES string of the molecule is O=C([O-])C[NH+](CCCc1ccccc1)CC(=O)[O-]. The summed E-state index contributed by atoms with van der Waals surface area (Å²) in [4.78, 5) is 21.4. The van der Waals surface area contributed by atoms with Crippen LogP contribution in [0.3, 0.4) is 0 Å². The maximum absolute atomic E-state index is 10.5. The lowest BCUT2D eigenvalue weighted by Gasteiger charge is -2.20. The van der Waals surface area contributed by atoms with Gasteiger partial charge in [0, 0.05) is 6.42 Å². The van der Waals surface area contributed by atoms with Crippen LogP contribution >= 0.6 is 0 Å². The van der Waals surface area contributed by atoms with Crippen LogP contribution in [0.2, 0.25) is 0 Å². The fourth-order valence-corrected chi connectivity index (χ4v) is 1.83. The molecule has 0 aliphatic heterocycles. The number of carbonyl (C=O) groups is 2. The number of aryl methyl sites for hydroxylation is 1. The highest BCUT2D eigenvalue weighted by Gasteiger charge is 2.09. The third kappa shape index (κ3) is 6.00. The first-order valence-electron chi connectivity index (χ1n) is 5.85. The molecule has 0 aliphatic carbocycles. The lowest BCUT2D eigenvalue weighted by atomic mass is 10.1. The zero-order valence-corrected chi connectivity index (χ0v) is 10.1. The Morgan fingerprint density at radius 3 is 2.06 bits per heavy atom. The molecule has 0 saturated carbocycles. The standard InChI is InChI=1S/C13H17NO4/c15-12(16)9-14(10-13(17)18)8-4-7-11-5-2-1-3-6-11/h1-3,5-6H,4,7-10H2,(H,15,16)(H,17,18)/p-1. The van der Waals surface area contributed by atoms with Gasteiger partial charge >= 0.3 is 0 Å². The molecular weight excluding hydrogens is 234 g/mol. The first-order chi connectivity index (χ1) is 8.58. The zero-order valence-electron chi connectivity index (χ0n) is 10.1. The van der Waals surface area contributed by atoms with Crippen molar-refractivity contribution in [3.8, 4) is 0 Å². The van der Waals surface area contributed by atoms with E-state index >= 15 is 0 Å². The summed E-state index contributed by atoms with van der Waals surface area (Å²) >= 11 is 0. The van der Waals surface area contributed by atoms with E-state index in [9.17, 15) is 19.8 Å². The molecule has 18 heavy (non-hydrogen) atoms. The normalized spacial score (nSPS) is 10.5. The number of benzene rings is 1. The quantitative estimate of drug-likeness (QED) is 0.533. The third-order valence-electron chi connectivity index (χ3n) is 2.63. The van der Waals surface area contributed by atoms with E-state index in [0.717, 1.165) is 18.4 Å². The van der Waals surface area contributed by atoms with Crippen molar-refractivity contribution >= 4 is 11.9 Å². The average molecular weight is 250 g/mol. The summed E-state index contributed by atoms with van der Waals surface area (Å²) in [6.07, 6.45) is 1.52. The Morgan fingerprint density at radius 2 is 1.56 bits per heavy atom. The molecule has 0 heterocycles. The Hall–Kier alpha value is -1.88. The molecule has 5 nitrogen and oxygen atoms in total. The van der Waals surface area contributed by atoms with Crippen LogP contribution in [0.5, 0.6) is 0 Å². The molecule has 1 rings (SSSR count). The maximum Gasteiger partial charge on any atom is 0.118 e. The van der Waals surface area contributed by atoms with Crippen LogP contribution in [0.1, 0.15) is 12.0 Å². The fourth-order valence-electron chi connectivity index (χ4n) is 1.83.